The number of benzene rings is 2. The van der Waals surface area contributed by atoms with Gasteiger partial charge in [0.25, 0.3) is 0 Å². The number of ether oxygens (including phenoxy) is 2. The Morgan fingerprint density at radius 1 is 1.20 bits per heavy atom. The molecule has 2 aromatic rings. The largest absolute Gasteiger partial charge is 0.469 e. The molecule has 0 aliphatic rings. The van der Waals surface area contributed by atoms with Gasteiger partial charge in [-0.3, -0.25) is 4.79 Å². The van der Waals surface area contributed by atoms with E-state index in [-0.39, 0.29) is 17.8 Å². The van der Waals surface area contributed by atoms with Crippen LogP contribution in [0, 0.1) is 12.7 Å². The third-order valence-corrected chi connectivity index (χ3v) is 4.14. The van der Waals surface area contributed by atoms with Crippen molar-refractivity contribution in [2.24, 2.45) is 5.73 Å². The topological polar surface area (TPSA) is 61.5 Å². The fourth-order valence-electron chi connectivity index (χ4n) is 2.58. The highest BCUT2D eigenvalue weighted by Crippen LogP contribution is 2.28. The van der Waals surface area contributed by atoms with E-state index < -0.39 is 0 Å². The first-order valence-electron chi connectivity index (χ1n) is 8.33. The molecule has 2 aromatic carbocycles. The summed E-state index contributed by atoms with van der Waals surface area (Å²) in [7, 11) is 1.38. The molecular weight excluding hydrogens is 321 g/mol. The number of hydrogen-bond donors (Lipinski definition) is 1. The average molecular weight is 345 g/mol. The predicted molar refractivity (Wildman–Crippen MR) is 95.2 cm³/mol. The molecule has 0 aromatic heterocycles. The van der Waals surface area contributed by atoms with Crippen molar-refractivity contribution < 1.29 is 18.7 Å². The Kier molecular flexibility index (Phi) is 6.53. The van der Waals surface area contributed by atoms with Gasteiger partial charge in [0, 0.05) is 18.5 Å². The number of aryl methyl sites for hydroxylation is 2. The maximum atomic E-state index is 13.8. The van der Waals surface area contributed by atoms with Gasteiger partial charge in [0.2, 0.25) is 0 Å². The van der Waals surface area contributed by atoms with Crippen molar-refractivity contribution in [2.45, 2.75) is 39.2 Å². The summed E-state index contributed by atoms with van der Waals surface area (Å²) >= 11 is 0. The van der Waals surface area contributed by atoms with E-state index in [0.29, 0.717) is 29.9 Å². The SMILES string of the molecule is CC[C@@H](N)c1cc(F)cc(Oc2ccc(CCC(=O)OC)c(C)c2)c1. The van der Waals surface area contributed by atoms with Crippen LogP contribution in [0.25, 0.3) is 0 Å². The van der Waals surface area contributed by atoms with Crippen molar-refractivity contribution in [1.82, 2.24) is 0 Å². The number of esters is 1. The quantitative estimate of drug-likeness (QED) is 0.754. The van der Waals surface area contributed by atoms with E-state index in [4.69, 9.17) is 10.5 Å². The molecule has 0 fully saturated rings. The van der Waals surface area contributed by atoms with Crippen molar-refractivity contribution in [2.75, 3.05) is 7.11 Å². The van der Waals surface area contributed by atoms with Gasteiger partial charge in [-0.1, -0.05) is 13.0 Å². The number of nitrogens with two attached hydrogens (primary N) is 1. The third-order valence-electron chi connectivity index (χ3n) is 4.14. The molecule has 0 unspecified atom stereocenters. The first kappa shape index (κ1) is 18.9. The van der Waals surface area contributed by atoms with Crippen LogP contribution in [-0.4, -0.2) is 13.1 Å². The summed E-state index contributed by atoms with van der Waals surface area (Å²) in [4.78, 5) is 11.3. The highest BCUT2D eigenvalue weighted by atomic mass is 19.1. The van der Waals surface area contributed by atoms with E-state index in [1.165, 1.54) is 19.2 Å². The van der Waals surface area contributed by atoms with Crippen molar-refractivity contribution in [3.63, 3.8) is 0 Å². The Morgan fingerprint density at radius 2 is 1.96 bits per heavy atom. The Bertz CT molecular complexity index is 746. The lowest BCUT2D eigenvalue weighted by atomic mass is 10.0. The minimum absolute atomic E-state index is 0.222. The molecule has 0 saturated carbocycles. The number of carbonyl (C=O) groups excluding carboxylic acids is 1. The van der Waals surface area contributed by atoms with E-state index in [1.807, 2.05) is 32.0 Å². The van der Waals surface area contributed by atoms with Crippen molar-refractivity contribution >= 4 is 5.97 Å². The van der Waals surface area contributed by atoms with E-state index >= 15 is 0 Å². The van der Waals surface area contributed by atoms with Crippen molar-refractivity contribution in [3.05, 3.63) is 58.9 Å². The number of carbonyl (C=O) groups is 1. The summed E-state index contributed by atoms with van der Waals surface area (Å²) in [6.45, 7) is 3.90. The van der Waals surface area contributed by atoms with Gasteiger partial charge in [0.05, 0.1) is 7.11 Å². The molecule has 0 amide bonds. The van der Waals surface area contributed by atoms with Crippen LogP contribution >= 0.6 is 0 Å². The van der Waals surface area contributed by atoms with Crippen LogP contribution in [0.2, 0.25) is 0 Å². The van der Waals surface area contributed by atoms with Gasteiger partial charge in [-0.2, -0.15) is 0 Å². The fraction of sp³-hybridized carbons (Fsp3) is 0.350. The minimum Gasteiger partial charge on any atom is -0.469 e. The fourth-order valence-corrected chi connectivity index (χ4v) is 2.58. The standard InChI is InChI=1S/C20H24FNO3/c1-4-19(22)15-10-16(21)12-18(11-15)25-17-7-5-14(13(2)9-17)6-8-20(23)24-3/h5,7,9-12,19H,4,6,8,22H2,1-3H3/t19-/m1/s1. The zero-order chi connectivity index (χ0) is 18.4. The van der Waals surface area contributed by atoms with E-state index in [0.717, 1.165) is 17.5 Å². The molecular formula is C20H24FNO3. The molecule has 0 bridgehead atoms. The minimum atomic E-state index is -0.372. The monoisotopic (exact) mass is 345 g/mol. The second kappa shape index (κ2) is 8.62. The number of halogens is 1. The second-order valence-electron chi connectivity index (χ2n) is 6.00. The van der Waals surface area contributed by atoms with Gasteiger partial charge in [-0.15, -0.1) is 0 Å². The van der Waals surface area contributed by atoms with E-state index in [1.54, 1.807) is 6.07 Å². The highest BCUT2D eigenvalue weighted by Gasteiger charge is 2.10. The zero-order valence-corrected chi connectivity index (χ0v) is 14.8. The Morgan fingerprint density at radius 3 is 2.60 bits per heavy atom. The first-order chi connectivity index (χ1) is 11.9. The summed E-state index contributed by atoms with van der Waals surface area (Å²) in [6.07, 6.45) is 1.66. The molecule has 25 heavy (non-hydrogen) atoms. The van der Waals surface area contributed by atoms with Crippen LogP contribution in [0.3, 0.4) is 0 Å². The molecule has 134 valence electrons. The first-order valence-corrected chi connectivity index (χ1v) is 8.33. The summed E-state index contributed by atoms with van der Waals surface area (Å²) in [5.41, 5.74) is 8.74. The predicted octanol–water partition coefficient (Wildman–Crippen LogP) is 4.44. The lowest BCUT2D eigenvalue weighted by molar-refractivity contribution is -0.140. The summed E-state index contributed by atoms with van der Waals surface area (Å²) in [5, 5.41) is 0. The van der Waals surface area contributed by atoms with Gasteiger partial charge in [0.1, 0.15) is 17.3 Å². The highest BCUT2D eigenvalue weighted by molar-refractivity contribution is 5.69. The molecule has 2 rings (SSSR count). The maximum Gasteiger partial charge on any atom is 0.305 e. The normalized spacial score (nSPS) is 11.9. The lowest BCUT2D eigenvalue weighted by Gasteiger charge is -2.13. The second-order valence-corrected chi connectivity index (χ2v) is 6.00. The van der Waals surface area contributed by atoms with Gasteiger partial charge in [-0.05, 0) is 60.7 Å². The Labute approximate surface area is 147 Å². The molecule has 0 saturated heterocycles. The van der Waals surface area contributed by atoms with Gasteiger partial charge in [-0.25, -0.2) is 4.39 Å². The average Bonchev–Trinajstić information content (AvgIpc) is 2.59. The molecule has 0 spiro atoms. The Hall–Kier alpha value is -2.40. The van der Waals surface area contributed by atoms with Crippen molar-refractivity contribution in [1.29, 1.82) is 0 Å². The van der Waals surface area contributed by atoms with Crippen LogP contribution < -0.4 is 10.5 Å². The van der Waals surface area contributed by atoms with Gasteiger partial charge < -0.3 is 15.2 Å². The van der Waals surface area contributed by atoms with Crippen LogP contribution in [0.5, 0.6) is 11.5 Å². The summed E-state index contributed by atoms with van der Waals surface area (Å²) in [5.74, 6) is 0.420. The molecule has 5 heteroatoms. The number of methoxy groups -OCH3 is 1. The van der Waals surface area contributed by atoms with Crippen LogP contribution in [0.1, 0.15) is 42.5 Å². The lowest BCUT2D eigenvalue weighted by Crippen LogP contribution is -2.09. The molecule has 2 N–H and O–H groups in total. The van der Waals surface area contributed by atoms with Gasteiger partial charge in [0.15, 0.2) is 0 Å². The smallest absolute Gasteiger partial charge is 0.305 e. The molecule has 0 aliphatic carbocycles. The third kappa shape index (κ3) is 5.29. The molecule has 0 radical (unpaired) electrons. The number of rotatable bonds is 7. The Balaban J connectivity index is 2.14. The molecule has 0 aliphatic heterocycles. The summed E-state index contributed by atoms with van der Waals surface area (Å²) in [6, 6.07) is 9.90. The summed E-state index contributed by atoms with van der Waals surface area (Å²) < 4.78 is 24.2. The van der Waals surface area contributed by atoms with E-state index in [9.17, 15) is 9.18 Å². The molecule has 1 atom stereocenters. The maximum absolute atomic E-state index is 13.8. The van der Waals surface area contributed by atoms with E-state index in [2.05, 4.69) is 4.74 Å². The van der Waals surface area contributed by atoms with Gasteiger partial charge >= 0.3 is 5.97 Å². The zero-order valence-electron chi connectivity index (χ0n) is 14.8. The molecule has 4 nitrogen and oxygen atoms in total. The number of hydrogen-bond acceptors (Lipinski definition) is 4. The van der Waals surface area contributed by atoms with Crippen molar-refractivity contribution in [3.8, 4) is 11.5 Å². The van der Waals surface area contributed by atoms with Crippen LogP contribution in [0.4, 0.5) is 4.39 Å². The van der Waals surface area contributed by atoms with Crippen LogP contribution in [0.15, 0.2) is 36.4 Å². The van der Waals surface area contributed by atoms with Crippen LogP contribution in [-0.2, 0) is 16.0 Å². The molecule has 0 heterocycles.